The number of hydrogen-bond acceptors (Lipinski definition) is 6. The Balaban J connectivity index is 1.70. The topological polar surface area (TPSA) is 89.3 Å². The number of carbonyl (C=O) groups is 2. The first-order valence-corrected chi connectivity index (χ1v) is 11.2. The van der Waals surface area contributed by atoms with Crippen molar-refractivity contribution in [2.75, 3.05) is 25.1 Å². The van der Waals surface area contributed by atoms with Gasteiger partial charge in [0.25, 0.3) is 5.56 Å². The molecule has 4 rings (SSSR count). The maximum atomic E-state index is 15.4. The number of aryl methyl sites for hydroxylation is 1. The number of hydrogen-bond donors (Lipinski definition) is 1. The standard InChI is InChI=1S/C24H30FN3O5/c1-13-19-16(14-6-7-14)10-17(22(30)32-5)21(29)28(19)12-18(25)20(13)27-9-8-15(11-27)26-23(31)33-24(2,3)4/h10,12,14-15H,6-9,11H2,1-5H3,(H,26,31)/t15-/m0/s1. The largest absolute Gasteiger partial charge is 0.465 e. The van der Waals surface area contributed by atoms with Crippen molar-refractivity contribution in [3.63, 3.8) is 0 Å². The number of carbonyl (C=O) groups excluding carboxylic acids is 2. The summed E-state index contributed by atoms with van der Waals surface area (Å²) in [6, 6.07) is 1.42. The summed E-state index contributed by atoms with van der Waals surface area (Å²) in [6.07, 6.45) is 3.21. The van der Waals surface area contributed by atoms with E-state index in [0.29, 0.717) is 36.3 Å². The minimum atomic E-state index is -0.728. The summed E-state index contributed by atoms with van der Waals surface area (Å²) in [5.41, 5.74) is 1.26. The molecule has 178 valence electrons. The third-order valence-corrected chi connectivity index (χ3v) is 6.09. The Morgan fingerprint density at radius 2 is 1.91 bits per heavy atom. The van der Waals surface area contributed by atoms with Gasteiger partial charge >= 0.3 is 12.1 Å². The molecule has 2 fully saturated rings. The van der Waals surface area contributed by atoms with Gasteiger partial charge < -0.3 is 19.7 Å². The Morgan fingerprint density at radius 3 is 2.52 bits per heavy atom. The second-order valence-electron chi connectivity index (χ2n) is 9.83. The molecule has 1 atom stereocenters. The molecule has 2 aromatic heterocycles. The van der Waals surface area contributed by atoms with Crippen LogP contribution in [0.1, 0.15) is 67.4 Å². The first-order valence-electron chi connectivity index (χ1n) is 11.2. The Hall–Kier alpha value is -3.10. The van der Waals surface area contributed by atoms with E-state index in [1.165, 1.54) is 11.5 Å². The van der Waals surface area contributed by atoms with Crippen molar-refractivity contribution in [1.82, 2.24) is 9.72 Å². The van der Waals surface area contributed by atoms with E-state index in [9.17, 15) is 14.4 Å². The first kappa shape index (κ1) is 23.1. The average Bonchev–Trinajstić information content (AvgIpc) is 3.47. The molecule has 0 unspecified atom stereocenters. The van der Waals surface area contributed by atoms with Crippen LogP contribution in [0.15, 0.2) is 17.1 Å². The molecule has 1 saturated carbocycles. The molecule has 1 saturated heterocycles. The summed E-state index contributed by atoms with van der Waals surface area (Å²) in [5.74, 6) is -1.06. The van der Waals surface area contributed by atoms with Crippen LogP contribution >= 0.6 is 0 Å². The van der Waals surface area contributed by atoms with Crippen molar-refractivity contribution in [3.8, 4) is 0 Å². The van der Waals surface area contributed by atoms with Gasteiger partial charge in [0.05, 0.1) is 30.6 Å². The SMILES string of the molecule is COC(=O)c1cc(C2CC2)c2c(C)c(N3CC[C@H](NC(=O)OC(C)(C)C)C3)c(F)cn2c1=O. The van der Waals surface area contributed by atoms with Gasteiger partial charge in [0, 0.05) is 13.1 Å². The predicted octanol–water partition coefficient (Wildman–Crippen LogP) is 3.51. The van der Waals surface area contributed by atoms with E-state index < -0.39 is 29.0 Å². The number of esters is 1. The summed E-state index contributed by atoms with van der Waals surface area (Å²) in [4.78, 5) is 39.1. The maximum Gasteiger partial charge on any atom is 0.407 e. The second-order valence-corrected chi connectivity index (χ2v) is 9.83. The molecule has 3 heterocycles. The van der Waals surface area contributed by atoms with E-state index in [-0.39, 0.29) is 17.5 Å². The minimum Gasteiger partial charge on any atom is -0.465 e. The van der Waals surface area contributed by atoms with Gasteiger partial charge in [-0.25, -0.2) is 14.0 Å². The fourth-order valence-electron chi connectivity index (χ4n) is 4.55. The average molecular weight is 460 g/mol. The fourth-order valence-corrected chi connectivity index (χ4v) is 4.55. The summed E-state index contributed by atoms with van der Waals surface area (Å²) in [7, 11) is 1.22. The minimum absolute atomic E-state index is 0.0914. The van der Waals surface area contributed by atoms with Crippen LogP contribution in [-0.4, -0.2) is 48.3 Å². The molecule has 1 aliphatic carbocycles. The molecule has 0 aromatic carbocycles. The van der Waals surface area contributed by atoms with Gasteiger partial charge in [0.15, 0.2) is 5.82 Å². The molecule has 9 heteroatoms. The number of anilines is 1. The molecule has 1 amide bonds. The molecular weight excluding hydrogens is 429 g/mol. The summed E-state index contributed by atoms with van der Waals surface area (Å²) < 4.78 is 26.7. The molecule has 2 aliphatic rings. The van der Waals surface area contributed by atoms with E-state index in [0.717, 1.165) is 24.6 Å². The number of alkyl carbamates (subject to hydrolysis) is 1. The second kappa shape index (κ2) is 8.35. The van der Waals surface area contributed by atoms with Crippen molar-refractivity contribution in [2.24, 2.45) is 0 Å². The van der Waals surface area contributed by atoms with Crippen molar-refractivity contribution < 1.29 is 23.5 Å². The fraction of sp³-hybridized carbons (Fsp3) is 0.542. The zero-order valence-corrected chi connectivity index (χ0v) is 19.7. The molecule has 2 aromatic rings. The summed E-state index contributed by atoms with van der Waals surface area (Å²) in [6.45, 7) is 8.17. The third kappa shape index (κ3) is 4.54. The van der Waals surface area contributed by atoms with Crippen molar-refractivity contribution in [2.45, 2.75) is 64.5 Å². The number of nitrogens with zero attached hydrogens (tertiary/aromatic N) is 2. The number of aromatic nitrogens is 1. The normalized spacial score (nSPS) is 18.5. The highest BCUT2D eigenvalue weighted by molar-refractivity contribution is 5.90. The van der Waals surface area contributed by atoms with Crippen LogP contribution in [0.4, 0.5) is 14.9 Å². The predicted molar refractivity (Wildman–Crippen MR) is 122 cm³/mol. The lowest BCUT2D eigenvalue weighted by atomic mass is 10.0. The Kier molecular flexibility index (Phi) is 5.84. The molecule has 0 spiro atoms. The van der Waals surface area contributed by atoms with E-state index in [1.807, 2.05) is 4.90 Å². The smallest absolute Gasteiger partial charge is 0.407 e. The third-order valence-electron chi connectivity index (χ3n) is 6.09. The van der Waals surface area contributed by atoms with Crippen molar-refractivity contribution in [3.05, 3.63) is 45.1 Å². The molecule has 1 N–H and O–H groups in total. The highest BCUT2D eigenvalue weighted by atomic mass is 19.1. The van der Waals surface area contributed by atoms with Crippen LogP contribution in [0, 0.1) is 12.7 Å². The van der Waals surface area contributed by atoms with Crippen LogP contribution in [-0.2, 0) is 9.47 Å². The van der Waals surface area contributed by atoms with Crippen LogP contribution < -0.4 is 15.8 Å². The van der Waals surface area contributed by atoms with Crippen LogP contribution in [0.2, 0.25) is 0 Å². The first-order chi connectivity index (χ1) is 15.5. The van der Waals surface area contributed by atoms with E-state index in [1.54, 1.807) is 33.8 Å². The number of amides is 1. The Morgan fingerprint density at radius 1 is 1.21 bits per heavy atom. The van der Waals surface area contributed by atoms with Gasteiger partial charge in [0.1, 0.15) is 11.2 Å². The van der Waals surface area contributed by atoms with E-state index in [2.05, 4.69) is 5.32 Å². The Labute approximate surface area is 191 Å². The van der Waals surface area contributed by atoms with E-state index in [4.69, 9.17) is 9.47 Å². The van der Waals surface area contributed by atoms with Gasteiger partial charge in [-0.05, 0) is 70.1 Å². The van der Waals surface area contributed by atoms with Crippen molar-refractivity contribution >= 4 is 23.3 Å². The molecule has 8 nitrogen and oxygen atoms in total. The van der Waals surface area contributed by atoms with Crippen molar-refractivity contribution in [1.29, 1.82) is 0 Å². The lowest BCUT2D eigenvalue weighted by Gasteiger charge is -2.25. The highest BCUT2D eigenvalue weighted by Gasteiger charge is 2.33. The number of nitrogens with one attached hydrogen (secondary N) is 1. The number of methoxy groups -OCH3 is 1. The highest BCUT2D eigenvalue weighted by Crippen LogP contribution is 2.44. The number of fused-ring (bicyclic) bond motifs is 1. The van der Waals surface area contributed by atoms with Gasteiger partial charge in [0.2, 0.25) is 0 Å². The molecular formula is C24H30FN3O5. The zero-order chi connectivity index (χ0) is 24.1. The van der Waals surface area contributed by atoms with Crippen LogP contribution in [0.25, 0.3) is 5.52 Å². The van der Waals surface area contributed by atoms with Gasteiger partial charge in [-0.2, -0.15) is 0 Å². The molecule has 0 radical (unpaired) electrons. The van der Waals surface area contributed by atoms with Gasteiger partial charge in [-0.15, -0.1) is 0 Å². The quantitative estimate of drug-likeness (QED) is 0.704. The van der Waals surface area contributed by atoms with Gasteiger partial charge in [-0.1, -0.05) is 0 Å². The Bertz CT molecular complexity index is 1180. The molecule has 33 heavy (non-hydrogen) atoms. The number of ether oxygens (including phenoxy) is 2. The lowest BCUT2D eigenvalue weighted by Crippen LogP contribution is -2.40. The van der Waals surface area contributed by atoms with E-state index >= 15 is 4.39 Å². The summed E-state index contributed by atoms with van der Waals surface area (Å²) >= 11 is 0. The zero-order valence-electron chi connectivity index (χ0n) is 19.7. The molecule has 1 aliphatic heterocycles. The van der Waals surface area contributed by atoms with Crippen LogP contribution in [0.3, 0.4) is 0 Å². The van der Waals surface area contributed by atoms with Gasteiger partial charge in [-0.3, -0.25) is 9.20 Å². The maximum absolute atomic E-state index is 15.4. The van der Waals surface area contributed by atoms with Crippen LogP contribution in [0.5, 0.6) is 0 Å². The lowest BCUT2D eigenvalue weighted by molar-refractivity contribution is 0.0508. The number of halogens is 1. The monoisotopic (exact) mass is 459 g/mol. The number of pyridine rings is 2. The number of rotatable bonds is 4. The molecule has 0 bridgehead atoms. The summed E-state index contributed by atoms with van der Waals surface area (Å²) in [5, 5.41) is 2.85.